The van der Waals surface area contributed by atoms with Crippen molar-refractivity contribution in [3.8, 4) is 5.75 Å². The molecular weight excluding hydrogens is 506 g/mol. The van der Waals surface area contributed by atoms with Crippen LogP contribution in [0.4, 0.5) is 8.78 Å². The lowest BCUT2D eigenvalue weighted by Gasteiger charge is -2.37. The van der Waals surface area contributed by atoms with Crippen LogP contribution in [0.1, 0.15) is 68.2 Å². The lowest BCUT2D eigenvalue weighted by molar-refractivity contribution is 0.101. The molecule has 1 fully saturated rings. The average molecular weight is 547 g/mol. The Hall–Kier alpha value is -2.78. The first-order valence-electron chi connectivity index (χ1n) is 13.0. The number of ketones is 1. The van der Waals surface area contributed by atoms with Gasteiger partial charge in [0.25, 0.3) is 0 Å². The lowest BCUT2D eigenvalue weighted by Crippen LogP contribution is -2.39. The second-order valence-corrected chi connectivity index (χ2v) is 10.2. The van der Waals surface area contributed by atoms with Gasteiger partial charge in [-0.25, -0.2) is 8.78 Å². The van der Waals surface area contributed by atoms with Crippen LogP contribution in [0.3, 0.4) is 0 Å². The largest absolute Gasteiger partial charge is 0.496 e. The van der Waals surface area contributed by atoms with Crippen molar-refractivity contribution in [1.82, 2.24) is 19.7 Å². The number of halogens is 2. The van der Waals surface area contributed by atoms with Crippen LogP contribution in [0.5, 0.6) is 5.75 Å². The SMILES string of the molecule is C=C/C(F)=C(F)\C=C\c1nnc(SCCCN2C[C@H](C)C[C@H](c3ccc(OC)c(C(C)=O)c3)C2)n1C.CC. The molecule has 0 bridgehead atoms. The number of allylic oxidation sites excluding steroid dienone is 4. The van der Waals surface area contributed by atoms with Gasteiger partial charge in [0, 0.05) is 25.9 Å². The molecule has 0 amide bonds. The minimum absolute atomic E-state index is 0.0133. The Morgan fingerprint density at radius 3 is 2.63 bits per heavy atom. The number of ether oxygens (including phenoxy) is 1. The Bertz CT molecular complexity index is 1150. The normalized spacial score (nSPS) is 18.5. The van der Waals surface area contributed by atoms with E-state index in [1.54, 1.807) is 37.4 Å². The summed E-state index contributed by atoms with van der Waals surface area (Å²) in [7, 11) is 3.39. The first kappa shape index (κ1) is 31.4. The summed E-state index contributed by atoms with van der Waals surface area (Å²) in [5.41, 5.74) is 1.82. The third kappa shape index (κ3) is 8.63. The summed E-state index contributed by atoms with van der Waals surface area (Å²) >= 11 is 1.59. The number of piperidine rings is 1. The third-order valence-electron chi connectivity index (χ3n) is 6.31. The van der Waals surface area contributed by atoms with Crippen molar-refractivity contribution < 1.29 is 18.3 Å². The number of benzene rings is 1. The maximum atomic E-state index is 13.6. The molecule has 9 heteroatoms. The molecule has 3 rings (SSSR count). The number of carbonyl (C=O) groups is 1. The van der Waals surface area contributed by atoms with Gasteiger partial charge in [0.2, 0.25) is 0 Å². The highest BCUT2D eigenvalue weighted by Crippen LogP contribution is 2.33. The van der Waals surface area contributed by atoms with E-state index in [0.717, 1.165) is 55.5 Å². The number of likely N-dealkylation sites (tertiary alicyclic amines) is 1. The second-order valence-electron chi connectivity index (χ2n) is 9.15. The number of methoxy groups -OCH3 is 1. The molecule has 1 aromatic carbocycles. The summed E-state index contributed by atoms with van der Waals surface area (Å²) in [6.07, 6.45) is 5.30. The van der Waals surface area contributed by atoms with E-state index < -0.39 is 11.7 Å². The van der Waals surface area contributed by atoms with Crippen molar-refractivity contribution in [1.29, 1.82) is 0 Å². The number of thioether (sulfide) groups is 1. The maximum absolute atomic E-state index is 13.6. The van der Waals surface area contributed by atoms with Crippen molar-refractivity contribution in [3.63, 3.8) is 0 Å². The summed E-state index contributed by atoms with van der Waals surface area (Å²) in [5, 5.41) is 8.94. The van der Waals surface area contributed by atoms with Gasteiger partial charge in [-0.15, -0.1) is 10.2 Å². The molecule has 0 radical (unpaired) electrons. The highest BCUT2D eigenvalue weighted by molar-refractivity contribution is 7.99. The quantitative estimate of drug-likeness (QED) is 0.131. The minimum Gasteiger partial charge on any atom is -0.496 e. The number of nitrogens with zero attached hydrogens (tertiary/aromatic N) is 4. The van der Waals surface area contributed by atoms with Gasteiger partial charge in [0.15, 0.2) is 28.4 Å². The van der Waals surface area contributed by atoms with Crippen molar-refractivity contribution >= 4 is 23.6 Å². The molecule has 2 aromatic rings. The van der Waals surface area contributed by atoms with Crippen LogP contribution in [0.25, 0.3) is 6.08 Å². The van der Waals surface area contributed by atoms with Crippen LogP contribution < -0.4 is 4.74 Å². The Balaban J connectivity index is 0.00000247. The molecule has 2 heterocycles. The zero-order valence-electron chi connectivity index (χ0n) is 23.3. The Labute approximate surface area is 229 Å². The number of Topliss-reactive ketones (excluding diaryl/α,β-unsaturated/α-hetero) is 1. The van der Waals surface area contributed by atoms with Gasteiger partial charge in [0.1, 0.15) is 5.75 Å². The molecular formula is C29H40F2N4O2S. The van der Waals surface area contributed by atoms with Gasteiger partial charge in [0.05, 0.1) is 12.7 Å². The highest BCUT2D eigenvalue weighted by Gasteiger charge is 2.26. The van der Waals surface area contributed by atoms with E-state index in [2.05, 4.69) is 34.7 Å². The van der Waals surface area contributed by atoms with Gasteiger partial charge in [-0.3, -0.25) is 4.79 Å². The van der Waals surface area contributed by atoms with Crippen LogP contribution in [-0.4, -0.2) is 57.9 Å². The summed E-state index contributed by atoms with van der Waals surface area (Å²) < 4.78 is 33.9. The molecule has 0 N–H and O–H groups in total. The molecule has 1 aromatic heterocycles. The minimum atomic E-state index is -1.01. The molecule has 1 aliphatic heterocycles. The fraction of sp³-hybridized carbons (Fsp3) is 0.483. The fourth-order valence-electron chi connectivity index (χ4n) is 4.51. The zero-order chi connectivity index (χ0) is 28.2. The summed E-state index contributed by atoms with van der Waals surface area (Å²) in [4.78, 5) is 14.6. The molecule has 2 atom stereocenters. The fourth-order valence-corrected chi connectivity index (χ4v) is 5.36. The van der Waals surface area contributed by atoms with E-state index in [-0.39, 0.29) is 5.78 Å². The van der Waals surface area contributed by atoms with Crippen LogP contribution in [-0.2, 0) is 7.05 Å². The maximum Gasteiger partial charge on any atom is 0.191 e. The Morgan fingerprint density at radius 1 is 1.24 bits per heavy atom. The van der Waals surface area contributed by atoms with E-state index in [1.807, 2.05) is 26.0 Å². The lowest BCUT2D eigenvalue weighted by atomic mass is 9.84. The predicted octanol–water partition coefficient (Wildman–Crippen LogP) is 7.01. The summed E-state index contributed by atoms with van der Waals surface area (Å²) in [6.45, 7) is 14.0. The first-order valence-corrected chi connectivity index (χ1v) is 14.0. The van der Waals surface area contributed by atoms with Gasteiger partial charge >= 0.3 is 0 Å². The van der Waals surface area contributed by atoms with Crippen molar-refractivity contribution in [2.75, 3.05) is 32.5 Å². The van der Waals surface area contributed by atoms with Crippen LogP contribution in [0.15, 0.2) is 53.7 Å². The number of hydrogen-bond acceptors (Lipinski definition) is 6. The monoisotopic (exact) mass is 546 g/mol. The number of aromatic nitrogens is 3. The highest BCUT2D eigenvalue weighted by atomic mass is 32.2. The van der Waals surface area contributed by atoms with Gasteiger partial charge < -0.3 is 14.2 Å². The number of hydrogen-bond donors (Lipinski definition) is 0. The average Bonchev–Trinajstić information content (AvgIpc) is 3.28. The van der Waals surface area contributed by atoms with E-state index in [0.29, 0.717) is 29.0 Å². The van der Waals surface area contributed by atoms with Crippen molar-refractivity contribution in [3.05, 3.63) is 65.5 Å². The molecule has 6 nitrogen and oxygen atoms in total. The van der Waals surface area contributed by atoms with Crippen LogP contribution >= 0.6 is 11.8 Å². The predicted molar refractivity (Wildman–Crippen MR) is 152 cm³/mol. The Morgan fingerprint density at radius 2 is 1.97 bits per heavy atom. The van der Waals surface area contributed by atoms with E-state index in [9.17, 15) is 13.6 Å². The standard InChI is InChI=1S/C27H34F2N4O2S.C2H6/c1-6-23(28)24(29)9-11-26-30-31-27(32(26)4)36-13-7-12-33-16-18(2)14-21(17-33)20-8-10-25(35-5)22(15-20)19(3)34;1-2/h6,8-11,15,18,21H,1,7,12-14,16-17H2,2-5H3;1-2H3/b11-9+,24-23-;/t18-,21+;/m1./s1. The smallest absolute Gasteiger partial charge is 0.191 e. The molecule has 0 unspecified atom stereocenters. The zero-order valence-corrected chi connectivity index (χ0v) is 24.2. The van der Waals surface area contributed by atoms with Gasteiger partial charge in [-0.05, 0) is 74.1 Å². The molecule has 0 spiro atoms. The molecule has 0 aliphatic carbocycles. The third-order valence-corrected chi connectivity index (χ3v) is 7.42. The number of rotatable bonds is 11. The first-order chi connectivity index (χ1) is 18.2. The van der Waals surface area contributed by atoms with Crippen molar-refractivity contribution in [2.45, 2.75) is 51.6 Å². The Kier molecular flexibility index (Phi) is 12.9. The molecule has 1 saturated heterocycles. The molecule has 38 heavy (non-hydrogen) atoms. The van der Waals surface area contributed by atoms with E-state index in [1.165, 1.54) is 11.6 Å². The number of carbonyl (C=O) groups excluding carboxylic acids is 1. The summed E-state index contributed by atoms with van der Waals surface area (Å²) in [6, 6.07) is 5.97. The van der Waals surface area contributed by atoms with Gasteiger partial charge in [-0.1, -0.05) is 45.2 Å². The molecule has 208 valence electrons. The molecule has 1 aliphatic rings. The van der Waals surface area contributed by atoms with Crippen molar-refractivity contribution in [2.24, 2.45) is 13.0 Å². The summed E-state index contributed by atoms with van der Waals surface area (Å²) in [5.74, 6) is 0.873. The second kappa shape index (κ2) is 15.6. The van der Waals surface area contributed by atoms with Crippen LogP contribution in [0, 0.1) is 5.92 Å². The van der Waals surface area contributed by atoms with E-state index >= 15 is 0 Å². The van der Waals surface area contributed by atoms with E-state index in [4.69, 9.17) is 4.74 Å². The molecule has 0 saturated carbocycles. The topological polar surface area (TPSA) is 60.2 Å². The van der Waals surface area contributed by atoms with Crippen LogP contribution in [0.2, 0.25) is 0 Å². The van der Waals surface area contributed by atoms with Gasteiger partial charge in [-0.2, -0.15) is 0 Å².